The molecule has 0 unspecified atom stereocenters. The molecule has 0 radical (unpaired) electrons. The number of nitrogens with one attached hydrogen (secondary N) is 3. The van der Waals surface area contributed by atoms with Gasteiger partial charge in [-0.05, 0) is 24.7 Å². The third-order valence-corrected chi connectivity index (χ3v) is 6.91. The molecule has 15 nitrogen and oxygen atoms in total. The first kappa shape index (κ1) is 32.1. The van der Waals surface area contributed by atoms with Crippen molar-refractivity contribution in [1.82, 2.24) is 38.9 Å². The number of ether oxygens (including phenoxy) is 1. The molecule has 0 aliphatic rings. The summed E-state index contributed by atoms with van der Waals surface area (Å²) in [6.45, 7) is 1.58. The minimum absolute atomic E-state index is 0.00560. The summed E-state index contributed by atoms with van der Waals surface area (Å²) in [6, 6.07) is 8.01. The van der Waals surface area contributed by atoms with E-state index in [1.165, 1.54) is 27.7 Å². The van der Waals surface area contributed by atoms with Gasteiger partial charge in [-0.1, -0.05) is 28.1 Å². The molecule has 16 heteroatoms. The SMILES string of the molecule is CN(CCOC(=O)CCNC(=O)c1nc(NC(=O)c2nc(NC(=O)c3nccn3C)cn2C)cn1C)Cc1ccc(Br)cc1. The number of aromatic nitrogens is 6. The molecule has 0 atom stereocenters. The normalized spacial score (nSPS) is 11.0. The molecule has 3 N–H and O–H groups in total. The maximum Gasteiger partial charge on any atom is 0.307 e. The smallest absolute Gasteiger partial charge is 0.307 e. The zero-order valence-electron chi connectivity index (χ0n) is 24.7. The van der Waals surface area contributed by atoms with Crippen LogP contribution in [0.1, 0.15) is 43.8 Å². The van der Waals surface area contributed by atoms with E-state index >= 15 is 0 Å². The monoisotopic (exact) mass is 668 g/mol. The van der Waals surface area contributed by atoms with E-state index in [0.717, 1.165) is 16.6 Å². The van der Waals surface area contributed by atoms with E-state index < -0.39 is 23.7 Å². The first-order valence-corrected chi connectivity index (χ1v) is 14.3. The van der Waals surface area contributed by atoms with E-state index in [-0.39, 0.29) is 48.7 Å². The number of nitrogens with zero attached hydrogens (tertiary/aromatic N) is 7. The summed E-state index contributed by atoms with van der Waals surface area (Å²) >= 11 is 3.42. The van der Waals surface area contributed by atoms with Gasteiger partial charge in [0.15, 0.2) is 17.5 Å². The van der Waals surface area contributed by atoms with Crippen molar-refractivity contribution < 1.29 is 23.9 Å². The molecule has 4 aromatic rings. The molecule has 0 aliphatic carbocycles. The fourth-order valence-electron chi connectivity index (χ4n) is 4.13. The van der Waals surface area contributed by atoms with Crippen molar-refractivity contribution in [3.8, 4) is 0 Å². The predicted molar refractivity (Wildman–Crippen MR) is 164 cm³/mol. The number of esters is 1. The van der Waals surface area contributed by atoms with Crippen LogP contribution in [0.5, 0.6) is 0 Å². The Labute approximate surface area is 261 Å². The quantitative estimate of drug-likeness (QED) is 0.180. The van der Waals surface area contributed by atoms with Crippen LogP contribution in [0.3, 0.4) is 0 Å². The minimum atomic E-state index is -0.597. The van der Waals surface area contributed by atoms with Gasteiger partial charge in [0, 0.05) is 70.0 Å². The first-order chi connectivity index (χ1) is 21.0. The second-order valence-electron chi connectivity index (χ2n) is 9.98. The number of imidazole rings is 3. The molecule has 3 aromatic heterocycles. The van der Waals surface area contributed by atoms with Crippen LogP contribution in [0.15, 0.2) is 53.5 Å². The Bertz CT molecular complexity index is 1640. The Morgan fingerprint density at radius 2 is 1.45 bits per heavy atom. The van der Waals surface area contributed by atoms with Crippen LogP contribution in [0.2, 0.25) is 0 Å². The molecule has 4 rings (SSSR count). The van der Waals surface area contributed by atoms with Crippen molar-refractivity contribution >= 4 is 51.3 Å². The van der Waals surface area contributed by atoms with Crippen LogP contribution in [-0.4, -0.2) is 84.0 Å². The first-order valence-electron chi connectivity index (χ1n) is 13.5. The second kappa shape index (κ2) is 14.6. The standard InChI is InChI=1S/C28H33BrN10O5/c1-36(15-18-5-7-19(29)8-6-18)13-14-44-22(40)9-10-31-26(41)24-32-20(16-38(24)3)35-28(43)25-33-21(17-39(25)4)34-27(42)23-30-11-12-37(23)2/h5-8,11-12,16-17H,9-10,13-15H2,1-4H3,(H,31,41)(H,34,42)(H,35,43). The molecule has 3 amide bonds. The Kier molecular flexibility index (Phi) is 10.6. The highest BCUT2D eigenvalue weighted by molar-refractivity contribution is 9.10. The average Bonchev–Trinajstić information content (AvgIpc) is 3.67. The lowest BCUT2D eigenvalue weighted by molar-refractivity contribution is -0.143. The van der Waals surface area contributed by atoms with Crippen LogP contribution in [0.25, 0.3) is 0 Å². The Hall–Kier alpha value is -4.83. The summed E-state index contributed by atoms with van der Waals surface area (Å²) < 4.78 is 10.7. The maximum absolute atomic E-state index is 12.9. The van der Waals surface area contributed by atoms with E-state index in [2.05, 4.69) is 46.8 Å². The second-order valence-corrected chi connectivity index (χ2v) is 10.9. The summed E-state index contributed by atoms with van der Waals surface area (Å²) in [7, 11) is 6.83. The summed E-state index contributed by atoms with van der Waals surface area (Å²) in [4.78, 5) is 64.4. The minimum Gasteiger partial charge on any atom is -0.464 e. The third kappa shape index (κ3) is 8.61. The molecular weight excluding hydrogens is 636 g/mol. The highest BCUT2D eigenvalue weighted by Crippen LogP contribution is 2.13. The summed E-state index contributed by atoms with van der Waals surface area (Å²) in [5.41, 5.74) is 1.15. The summed E-state index contributed by atoms with van der Waals surface area (Å²) in [5, 5.41) is 7.84. The average molecular weight is 670 g/mol. The van der Waals surface area contributed by atoms with Gasteiger partial charge in [-0.25, -0.2) is 15.0 Å². The number of halogens is 1. The molecule has 0 saturated heterocycles. The Morgan fingerprint density at radius 3 is 2.05 bits per heavy atom. The van der Waals surface area contributed by atoms with Crippen molar-refractivity contribution in [1.29, 1.82) is 0 Å². The lowest BCUT2D eigenvalue weighted by atomic mass is 10.2. The van der Waals surface area contributed by atoms with Crippen LogP contribution in [0, 0.1) is 0 Å². The van der Waals surface area contributed by atoms with Crippen molar-refractivity contribution in [2.45, 2.75) is 13.0 Å². The van der Waals surface area contributed by atoms with Gasteiger partial charge in [0.25, 0.3) is 17.7 Å². The van der Waals surface area contributed by atoms with Gasteiger partial charge in [0.2, 0.25) is 11.6 Å². The lowest BCUT2D eigenvalue weighted by Gasteiger charge is -2.16. The highest BCUT2D eigenvalue weighted by Gasteiger charge is 2.20. The molecule has 0 saturated carbocycles. The maximum atomic E-state index is 12.9. The van der Waals surface area contributed by atoms with Gasteiger partial charge in [-0.2, -0.15) is 0 Å². The summed E-state index contributed by atoms with van der Waals surface area (Å²) in [5.74, 6) is -1.51. The van der Waals surface area contributed by atoms with Crippen molar-refractivity contribution in [2.24, 2.45) is 21.1 Å². The van der Waals surface area contributed by atoms with Crippen LogP contribution < -0.4 is 16.0 Å². The molecule has 0 spiro atoms. The van der Waals surface area contributed by atoms with Gasteiger partial charge in [-0.3, -0.25) is 24.1 Å². The number of carbonyl (C=O) groups excluding carboxylic acids is 4. The number of anilines is 2. The predicted octanol–water partition coefficient (Wildman–Crippen LogP) is 1.95. The summed E-state index contributed by atoms with van der Waals surface area (Å²) in [6.07, 6.45) is 6.08. The number of carbonyl (C=O) groups is 4. The third-order valence-electron chi connectivity index (χ3n) is 6.38. The highest BCUT2D eigenvalue weighted by atomic mass is 79.9. The number of rotatable bonds is 13. The Balaban J connectivity index is 1.20. The molecule has 1 aromatic carbocycles. The van der Waals surface area contributed by atoms with Gasteiger partial charge < -0.3 is 34.4 Å². The van der Waals surface area contributed by atoms with E-state index in [0.29, 0.717) is 6.54 Å². The number of hydrogen-bond acceptors (Lipinski definition) is 9. The molecule has 232 valence electrons. The fourth-order valence-corrected chi connectivity index (χ4v) is 4.39. The number of aryl methyl sites for hydroxylation is 3. The Morgan fingerprint density at radius 1 is 0.864 bits per heavy atom. The van der Waals surface area contributed by atoms with Crippen LogP contribution in [-0.2, 0) is 37.2 Å². The van der Waals surface area contributed by atoms with Crippen molar-refractivity contribution in [3.05, 3.63) is 76.6 Å². The topological polar surface area (TPSA) is 170 Å². The van der Waals surface area contributed by atoms with Crippen LogP contribution >= 0.6 is 15.9 Å². The van der Waals surface area contributed by atoms with E-state index in [1.807, 2.05) is 36.2 Å². The van der Waals surface area contributed by atoms with Gasteiger partial charge >= 0.3 is 5.97 Å². The number of amides is 3. The van der Waals surface area contributed by atoms with Crippen molar-refractivity contribution in [2.75, 3.05) is 37.4 Å². The van der Waals surface area contributed by atoms with Crippen LogP contribution in [0.4, 0.5) is 11.6 Å². The number of hydrogen-bond donors (Lipinski definition) is 3. The zero-order chi connectivity index (χ0) is 31.8. The number of benzene rings is 1. The van der Waals surface area contributed by atoms with Crippen molar-refractivity contribution in [3.63, 3.8) is 0 Å². The molecule has 0 bridgehead atoms. The molecule has 3 heterocycles. The zero-order valence-corrected chi connectivity index (χ0v) is 26.3. The lowest BCUT2D eigenvalue weighted by Crippen LogP contribution is -2.29. The molecule has 44 heavy (non-hydrogen) atoms. The fraction of sp³-hybridized carbons (Fsp3) is 0.321. The van der Waals surface area contributed by atoms with Gasteiger partial charge in [-0.15, -0.1) is 0 Å². The van der Waals surface area contributed by atoms with E-state index in [9.17, 15) is 19.2 Å². The van der Waals surface area contributed by atoms with E-state index in [1.54, 1.807) is 31.9 Å². The molecule has 0 aliphatic heterocycles. The van der Waals surface area contributed by atoms with Gasteiger partial charge in [0.05, 0.1) is 6.42 Å². The van der Waals surface area contributed by atoms with Gasteiger partial charge in [0.1, 0.15) is 6.61 Å². The molecule has 0 fully saturated rings. The number of likely N-dealkylation sites (N-methyl/N-ethyl adjacent to an activating group) is 1. The largest absolute Gasteiger partial charge is 0.464 e. The molecular formula is C28H33BrN10O5. The van der Waals surface area contributed by atoms with E-state index in [4.69, 9.17) is 4.74 Å².